The molecule has 0 bridgehead atoms. The topological polar surface area (TPSA) is 32.8 Å². The molecule has 2 nitrogen and oxygen atoms in total. The van der Waals surface area contributed by atoms with Gasteiger partial charge in [0.05, 0.1) is 12.7 Å². The van der Waals surface area contributed by atoms with E-state index in [0.29, 0.717) is 6.10 Å². The first-order chi connectivity index (χ1) is 3.38. The molecule has 1 aliphatic heterocycles. The van der Waals surface area contributed by atoms with Crippen LogP contribution in [0.4, 0.5) is 0 Å². The van der Waals surface area contributed by atoms with Crippen LogP contribution in [0.1, 0.15) is 0 Å². The maximum absolute atomic E-state index is 8.40. The van der Waals surface area contributed by atoms with E-state index in [-0.39, 0.29) is 12.7 Å². The molecule has 1 heterocycles. The predicted octanol–water partition coefficient (Wildman–Crippen LogP) is -1.47. The van der Waals surface area contributed by atoms with Gasteiger partial charge in [-0.25, -0.2) is 0 Å². The Morgan fingerprint density at radius 1 is 1.57 bits per heavy atom. The van der Waals surface area contributed by atoms with Gasteiger partial charge in [0.1, 0.15) is 6.10 Å². The molecule has 1 aliphatic rings. The van der Waals surface area contributed by atoms with E-state index in [1.54, 1.807) is 0 Å². The lowest BCUT2D eigenvalue weighted by Crippen LogP contribution is -1.97. The van der Waals surface area contributed by atoms with E-state index in [4.69, 9.17) is 9.84 Å². The van der Waals surface area contributed by atoms with Gasteiger partial charge in [0, 0.05) is 10.2 Å². The van der Waals surface area contributed by atoms with Crippen molar-refractivity contribution < 1.29 is 9.84 Å². The minimum atomic E-state index is 0.206. The van der Waals surface area contributed by atoms with Gasteiger partial charge in [-0.2, -0.15) is 0 Å². The van der Waals surface area contributed by atoms with Gasteiger partial charge >= 0.3 is 0 Å². The van der Waals surface area contributed by atoms with E-state index < -0.39 is 0 Å². The summed E-state index contributed by atoms with van der Waals surface area (Å²) in [5, 5.41) is 8.40. The summed E-state index contributed by atoms with van der Waals surface area (Å²) in [5.74, 6) is 0. The third-order valence-electron chi connectivity index (χ3n) is 1.27. The molecule has 7 heavy (non-hydrogen) atoms. The highest BCUT2D eigenvalue weighted by atomic mass is 28.1. The third-order valence-corrected chi connectivity index (χ3v) is 2.07. The molecule has 0 spiro atoms. The Kier molecular flexibility index (Phi) is 1.46. The molecule has 0 aromatic rings. The van der Waals surface area contributed by atoms with Gasteiger partial charge in [0.2, 0.25) is 0 Å². The molecular formula is C4H10O2Si. The standard InChI is InChI=1S/C4H10O2Si/c5-1-3-4(2-7)6-3/h3-5H,1-2H2,7H3. The SMILES string of the molecule is OCC1OC1C[SiH3]. The number of ether oxygens (including phenoxy) is 1. The van der Waals surface area contributed by atoms with E-state index in [0.717, 1.165) is 0 Å². The molecule has 1 rings (SSSR count). The number of rotatable bonds is 2. The number of hydrogen-bond donors (Lipinski definition) is 1. The molecule has 42 valence electrons. The lowest BCUT2D eigenvalue weighted by Gasteiger charge is -1.77. The average molecular weight is 118 g/mol. The second-order valence-corrected chi connectivity index (χ2v) is 2.62. The van der Waals surface area contributed by atoms with Crippen molar-refractivity contribution >= 4 is 10.2 Å². The summed E-state index contributed by atoms with van der Waals surface area (Å²) in [6, 6.07) is 1.17. The van der Waals surface area contributed by atoms with Crippen molar-refractivity contribution in [1.29, 1.82) is 0 Å². The van der Waals surface area contributed by atoms with Crippen molar-refractivity contribution in [2.45, 2.75) is 18.3 Å². The molecule has 0 aromatic carbocycles. The molecule has 0 saturated carbocycles. The summed E-state index contributed by atoms with van der Waals surface area (Å²) in [4.78, 5) is 0. The van der Waals surface area contributed by atoms with Crippen LogP contribution in [-0.4, -0.2) is 34.2 Å². The van der Waals surface area contributed by atoms with Crippen LogP contribution < -0.4 is 0 Å². The fraction of sp³-hybridized carbons (Fsp3) is 1.00. The monoisotopic (exact) mass is 118 g/mol. The summed E-state index contributed by atoms with van der Waals surface area (Å²) in [6.07, 6.45) is 0.633. The minimum absolute atomic E-state index is 0.206. The highest BCUT2D eigenvalue weighted by molar-refractivity contribution is 6.09. The number of hydrogen-bond acceptors (Lipinski definition) is 2. The molecule has 2 atom stereocenters. The second kappa shape index (κ2) is 1.94. The molecule has 0 radical (unpaired) electrons. The van der Waals surface area contributed by atoms with Crippen molar-refractivity contribution in [2.75, 3.05) is 6.61 Å². The van der Waals surface area contributed by atoms with E-state index >= 15 is 0 Å². The smallest absolute Gasteiger partial charge is 0.107 e. The van der Waals surface area contributed by atoms with Crippen LogP contribution in [0.3, 0.4) is 0 Å². The number of aliphatic hydroxyl groups is 1. The molecule has 0 aromatic heterocycles. The van der Waals surface area contributed by atoms with Crippen LogP contribution in [-0.2, 0) is 4.74 Å². The van der Waals surface area contributed by atoms with Gasteiger partial charge in [-0.3, -0.25) is 0 Å². The Hall–Kier alpha value is 0.137. The lowest BCUT2D eigenvalue weighted by atomic mass is 10.4. The zero-order valence-corrected chi connectivity index (χ0v) is 6.42. The van der Waals surface area contributed by atoms with E-state index in [1.807, 2.05) is 0 Å². The quantitative estimate of drug-likeness (QED) is 0.355. The van der Waals surface area contributed by atoms with Crippen LogP contribution in [0.5, 0.6) is 0 Å². The first-order valence-corrected chi connectivity index (χ1v) is 4.06. The van der Waals surface area contributed by atoms with Crippen LogP contribution >= 0.6 is 0 Å². The summed E-state index contributed by atoms with van der Waals surface area (Å²) in [6.45, 7) is 0.215. The summed E-state index contributed by atoms with van der Waals surface area (Å²) in [7, 11) is 1.19. The van der Waals surface area contributed by atoms with Crippen molar-refractivity contribution in [1.82, 2.24) is 0 Å². The molecule has 2 unspecified atom stereocenters. The van der Waals surface area contributed by atoms with Crippen molar-refractivity contribution in [3.63, 3.8) is 0 Å². The fourth-order valence-electron chi connectivity index (χ4n) is 0.699. The maximum atomic E-state index is 8.40. The Morgan fingerprint density at radius 3 is 2.43 bits per heavy atom. The molecule has 1 fully saturated rings. The molecule has 0 amide bonds. The average Bonchev–Trinajstić information content (AvgIpc) is 2.43. The molecule has 1 N–H and O–H groups in total. The number of epoxide rings is 1. The van der Waals surface area contributed by atoms with E-state index in [1.165, 1.54) is 16.3 Å². The van der Waals surface area contributed by atoms with Crippen molar-refractivity contribution in [3.05, 3.63) is 0 Å². The van der Waals surface area contributed by atoms with Crippen molar-refractivity contribution in [2.24, 2.45) is 0 Å². The first-order valence-electron chi connectivity index (χ1n) is 2.64. The third kappa shape index (κ3) is 1.02. The van der Waals surface area contributed by atoms with E-state index in [9.17, 15) is 0 Å². The van der Waals surface area contributed by atoms with Gasteiger partial charge in [-0.05, 0) is 6.04 Å². The molecule has 0 aliphatic carbocycles. The fourth-order valence-corrected chi connectivity index (χ4v) is 1.42. The number of aliphatic hydroxyl groups excluding tert-OH is 1. The molecule has 1 saturated heterocycles. The lowest BCUT2D eigenvalue weighted by molar-refractivity contribution is 0.242. The summed E-state index contributed by atoms with van der Waals surface area (Å²) >= 11 is 0. The molecular weight excluding hydrogens is 108 g/mol. The zero-order valence-electron chi connectivity index (χ0n) is 4.42. The predicted molar refractivity (Wildman–Crippen MR) is 30.5 cm³/mol. The first kappa shape index (κ1) is 5.28. The van der Waals surface area contributed by atoms with E-state index in [2.05, 4.69) is 0 Å². The van der Waals surface area contributed by atoms with Crippen molar-refractivity contribution in [3.8, 4) is 0 Å². The second-order valence-electron chi connectivity index (χ2n) is 1.80. The van der Waals surface area contributed by atoms with Crippen LogP contribution in [0.25, 0.3) is 0 Å². The van der Waals surface area contributed by atoms with Gasteiger partial charge in [-0.1, -0.05) is 0 Å². The van der Waals surface area contributed by atoms with Gasteiger partial charge in [0.15, 0.2) is 0 Å². The van der Waals surface area contributed by atoms with Crippen LogP contribution in [0, 0.1) is 0 Å². The highest BCUT2D eigenvalue weighted by Gasteiger charge is 2.35. The largest absolute Gasteiger partial charge is 0.394 e. The van der Waals surface area contributed by atoms with Crippen LogP contribution in [0.2, 0.25) is 6.04 Å². The van der Waals surface area contributed by atoms with Gasteiger partial charge in [-0.15, -0.1) is 0 Å². The maximum Gasteiger partial charge on any atom is 0.107 e. The summed E-state index contributed by atoms with van der Waals surface area (Å²) < 4.78 is 5.00. The summed E-state index contributed by atoms with van der Waals surface area (Å²) in [5.41, 5.74) is 0. The highest BCUT2D eigenvalue weighted by Crippen LogP contribution is 2.23. The Labute approximate surface area is 45.9 Å². The van der Waals surface area contributed by atoms with Gasteiger partial charge in [0.25, 0.3) is 0 Å². The Morgan fingerprint density at radius 2 is 2.29 bits per heavy atom. The normalized spacial score (nSPS) is 39.0. The van der Waals surface area contributed by atoms with Gasteiger partial charge < -0.3 is 9.84 Å². The molecule has 3 heteroatoms. The Balaban J connectivity index is 2.06. The van der Waals surface area contributed by atoms with Crippen LogP contribution in [0.15, 0.2) is 0 Å². The zero-order chi connectivity index (χ0) is 5.28. The Bertz CT molecular complexity index is 58.7. The minimum Gasteiger partial charge on any atom is -0.394 e.